The molecule has 0 radical (unpaired) electrons. The number of Topliss-reactive ketones (excluding diaryl/α,β-unsaturated/α-hetero) is 1. The van der Waals surface area contributed by atoms with Crippen LogP contribution in [0.25, 0.3) is 21.7 Å². The third-order valence-electron chi connectivity index (χ3n) is 5.19. The number of nitrogens with zero attached hydrogens (tertiary/aromatic N) is 2. The van der Waals surface area contributed by atoms with E-state index >= 15 is 0 Å². The zero-order valence-electron chi connectivity index (χ0n) is 16.9. The third kappa shape index (κ3) is 3.73. The standard InChI is InChI=1S/C23H21N3O5/c1-2-14-6-5-9-16-18(12-24-20(14)16)19(28)13-31-23(30)21-15-7-3-4-8-17(15)22(29)26(25-21)10-11-27/h3-9,12,24,27H,2,10-11,13H2,1H3. The van der Waals surface area contributed by atoms with Crippen LogP contribution in [0.2, 0.25) is 0 Å². The zero-order chi connectivity index (χ0) is 22.0. The van der Waals surface area contributed by atoms with Crippen molar-refractivity contribution >= 4 is 33.4 Å². The number of aliphatic hydroxyl groups excluding tert-OH is 1. The van der Waals surface area contributed by atoms with Crippen LogP contribution in [0.3, 0.4) is 0 Å². The fourth-order valence-electron chi connectivity index (χ4n) is 3.65. The normalized spacial score (nSPS) is 11.2. The smallest absolute Gasteiger partial charge is 0.359 e. The summed E-state index contributed by atoms with van der Waals surface area (Å²) in [5.74, 6) is -1.16. The lowest BCUT2D eigenvalue weighted by Crippen LogP contribution is -2.28. The van der Waals surface area contributed by atoms with E-state index in [0.717, 1.165) is 27.6 Å². The van der Waals surface area contributed by atoms with E-state index in [9.17, 15) is 19.5 Å². The molecule has 8 nitrogen and oxygen atoms in total. The number of aromatic amines is 1. The molecular weight excluding hydrogens is 398 g/mol. The SMILES string of the molecule is CCc1cccc2c(C(=O)COC(=O)c3nn(CCO)c(=O)c4ccccc34)c[nH]c12. The number of benzene rings is 2. The van der Waals surface area contributed by atoms with Crippen LogP contribution in [-0.4, -0.2) is 44.8 Å². The molecule has 4 aromatic rings. The van der Waals surface area contributed by atoms with E-state index in [1.165, 1.54) is 0 Å². The second-order valence-electron chi connectivity index (χ2n) is 7.04. The Morgan fingerprint density at radius 1 is 1.10 bits per heavy atom. The molecule has 158 valence electrons. The van der Waals surface area contributed by atoms with Crippen LogP contribution < -0.4 is 5.56 Å². The van der Waals surface area contributed by atoms with Crippen LogP contribution in [0, 0.1) is 0 Å². The van der Waals surface area contributed by atoms with E-state index < -0.39 is 18.1 Å². The summed E-state index contributed by atoms with van der Waals surface area (Å²) in [6.07, 6.45) is 2.44. The van der Waals surface area contributed by atoms with Gasteiger partial charge in [0.25, 0.3) is 5.56 Å². The van der Waals surface area contributed by atoms with Crippen LogP contribution in [-0.2, 0) is 17.7 Å². The number of para-hydroxylation sites is 1. The summed E-state index contributed by atoms with van der Waals surface area (Å²) in [5, 5.41) is 14.6. The van der Waals surface area contributed by atoms with Crippen molar-refractivity contribution in [3.63, 3.8) is 0 Å². The highest BCUT2D eigenvalue weighted by Crippen LogP contribution is 2.23. The Hall–Kier alpha value is -3.78. The van der Waals surface area contributed by atoms with Crippen molar-refractivity contribution in [3.8, 4) is 0 Å². The molecule has 2 heterocycles. The number of ether oxygens (including phenoxy) is 1. The highest BCUT2D eigenvalue weighted by atomic mass is 16.5. The number of nitrogens with one attached hydrogen (secondary N) is 1. The maximum atomic E-state index is 12.7. The molecule has 0 aliphatic carbocycles. The summed E-state index contributed by atoms with van der Waals surface area (Å²) < 4.78 is 6.28. The molecule has 2 aromatic carbocycles. The number of hydrogen-bond acceptors (Lipinski definition) is 6. The number of fused-ring (bicyclic) bond motifs is 2. The van der Waals surface area contributed by atoms with Crippen molar-refractivity contribution in [2.75, 3.05) is 13.2 Å². The first-order chi connectivity index (χ1) is 15.0. The molecular formula is C23H21N3O5. The quantitative estimate of drug-likeness (QED) is 0.351. The average molecular weight is 419 g/mol. The molecule has 0 unspecified atom stereocenters. The summed E-state index contributed by atoms with van der Waals surface area (Å²) in [6, 6.07) is 12.2. The van der Waals surface area contributed by atoms with Gasteiger partial charge in [-0.3, -0.25) is 9.59 Å². The van der Waals surface area contributed by atoms with Gasteiger partial charge in [0.05, 0.1) is 18.5 Å². The molecule has 0 amide bonds. The Labute approximate surface area is 177 Å². The molecule has 0 saturated carbocycles. The van der Waals surface area contributed by atoms with Gasteiger partial charge in [0.15, 0.2) is 12.3 Å². The maximum Gasteiger partial charge on any atom is 0.359 e. The van der Waals surface area contributed by atoms with Crippen LogP contribution in [0.5, 0.6) is 0 Å². The first kappa shape index (κ1) is 20.5. The lowest BCUT2D eigenvalue weighted by Gasteiger charge is -2.10. The minimum Gasteiger partial charge on any atom is -0.452 e. The number of carbonyl (C=O) groups excluding carboxylic acids is 2. The minimum absolute atomic E-state index is 0.0576. The molecule has 31 heavy (non-hydrogen) atoms. The lowest BCUT2D eigenvalue weighted by atomic mass is 10.1. The first-order valence-corrected chi connectivity index (χ1v) is 9.95. The van der Waals surface area contributed by atoms with E-state index in [0.29, 0.717) is 10.9 Å². The van der Waals surface area contributed by atoms with Gasteiger partial charge in [0, 0.05) is 28.0 Å². The average Bonchev–Trinajstić information content (AvgIpc) is 3.23. The molecule has 2 N–H and O–H groups in total. The molecule has 0 aliphatic heterocycles. The fourth-order valence-corrected chi connectivity index (χ4v) is 3.65. The summed E-state index contributed by atoms with van der Waals surface area (Å²) in [4.78, 5) is 41.1. The predicted molar refractivity (Wildman–Crippen MR) is 115 cm³/mol. The summed E-state index contributed by atoms with van der Waals surface area (Å²) >= 11 is 0. The number of carbonyl (C=O) groups is 2. The number of ketones is 1. The van der Waals surface area contributed by atoms with Gasteiger partial charge in [-0.25, -0.2) is 9.48 Å². The number of aliphatic hydroxyl groups is 1. The Kier molecular flexibility index (Phi) is 5.64. The largest absolute Gasteiger partial charge is 0.452 e. The van der Waals surface area contributed by atoms with Crippen LogP contribution in [0.4, 0.5) is 0 Å². The second-order valence-corrected chi connectivity index (χ2v) is 7.04. The topological polar surface area (TPSA) is 114 Å². The van der Waals surface area contributed by atoms with Gasteiger partial charge >= 0.3 is 5.97 Å². The van der Waals surface area contributed by atoms with Crippen molar-refractivity contribution < 1.29 is 19.4 Å². The second kappa shape index (κ2) is 8.53. The highest BCUT2D eigenvalue weighted by Gasteiger charge is 2.20. The van der Waals surface area contributed by atoms with Gasteiger partial charge in [0.2, 0.25) is 5.78 Å². The van der Waals surface area contributed by atoms with E-state index in [-0.39, 0.29) is 30.0 Å². The van der Waals surface area contributed by atoms with Crippen LogP contribution >= 0.6 is 0 Å². The summed E-state index contributed by atoms with van der Waals surface area (Å²) in [5.41, 5.74) is 1.94. The van der Waals surface area contributed by atoms with Gasteiger partial charge < -0.3 is 14.8 Å². The number of hydrogen-bond donors (Lipinski definition) is 2. The van der Waals surface area contributed by atoms with Gasteiger partial charge in [0.1, 0.15) is 0 Å². The Balaban J connectivity index is 1.61. The van der Waals surface area contributed by atoms with E-state index in [1.807, 2.05) is 25.1 Å². The number of aromatic nitrogens is 3. The van der Waals surface area contributed by atoms with E-state index in [2.05, 4.69) is 10.1 Å². The molecule has 2 aromatic heterocycles. The Morgan fingerprint density at radius 3 is 2.58 bits per heavy atom. The van der Waals surface area contributed by atoms with Crippen molar-refractivity contribution in [2.45, 2.75) is 19.9 Å². The molecule has 0 saturated heterocycles. The van der Waals surface area contributed by atoms with E-state index in [4.69, 9.17) is 4.74 Å². The van der Waals surface area contributed by atoms with Crippen molar-refractivity contribution in [1.29, 1.82) is 0 Å². The molecule has 8 heteroatoms. The maximum absolute atomic E-state index is 12.7. The van der Waals surface area contributed by atoms with E-state index in [1.54, 1.807) is 30.5 Å². The number of aryl methyl sites for hydroxylation is 1. The number of H-pyrrole nitrogens is 1. The summed E-state index contributed by atoms with van der Waals surface area (Å²) in [7, 11) is 0. The zero-order valence-corrected chi connectivity index (χ0v) is 16.9. The molecule has 0 atom stereocenters. The van der Waals surface area contributed by atoms with Crippen molar-refractivity contribution in [1.82, 2.24) is 14.8 Å². The minimum atomic E-state index is -0.815. The highest BCUT2D eigenvalue weighted by molar-refractivity contribution is 6.10. The first-order valence-electron chi connectivity index (χ1n) is 9.95. The Bertz CT molecular complexity index is 1350. The van der Waals surface area contributed by atoms with Crippen LogP contribution in [0.15, 0.2) is 53.5 Å². The van der Waals surface area contributed by atoms with Crippen molar-refractivity contribution in [2.24, 2.45) is 0 Å². The molecule has 0 aliphatic rings. The lowest BCUT2D eigenvalue weighted by molar-refractivity contribution is 0.0468. The third-order valence-corrected chi connectivity index (χ3v) is 5.19. The number of esters is 1. The molecule has 0 fully saturated rings. The monoisotopic (exact) mass is 419 g/mol. The molecule has 0 spiro atoms. The van der Waals surface area contributed by atoms with Gasteiger partial charge in [-0.2, -0.15) is 5.10 Å². The van der Waals surface area contributed by atoms with Gasteiger partial charge in [-0.05, 0) is 18.1 Å². The Morgan fingerprint density at radius 2 is 1.84 bits per heavy atom. The predicted octanol–water partition coefficient (Wildman–Crippen LogP) is 2.47. The van der Waals surface area contributed by atoms with Gasteiger partial charge in [-0.1, -0.05) is 43.3 Å². The van der Waals surface area contributed by atoms with Crippen LogP contribution in [0.1, 0.15) is 33.3 Å². The number of rotatable bonds is 7. The molecule has 0 bridgehead atoms. The fraction of sp³-hybridized carbons (Fsp3) is 0.217. The van der Waals surface area contributed by atoms with Gasteiger partial charge in [-0.15, -0.1) is 0 Å². The molecule has 4 rings (SSSR count). The summed E-state index contributed by atoms with van der Waals surface area (Å²) in [6.45, 7) is 1.21. The van der Waals surface area contributed by atoms with Crippen molar-refractivity contribution in [3.05, 3.63) is 75.8 Å².